The minimum atomic E-state index is -0.443. The Morgan fingerprint density at radius 2 is 2.24 bits per heavy atom. The van der Waals surface area contributed by atoms with Crippen molar-refractivity contribution in [2.45, 2.75) is 39.2 Å². The number of ether oxygens (including phenoxy) is 1. The van der Waals surface area contributed by atoms with Gasteiger partial charge in [0.05, 0.1) is 18.9 Å². The molecule has 0 spiro atoms. The van der Waals surface area contributed by atoms with E-state index in [1.807, 2.05) is 12.2 Å². The summed E-state index contributed by atoms with van der Waals surface area (Å²) in [5.41, 5.74) is 0.487. The Morgan fingerprint density at radius 3 is 2.94 bits per heavy atom. The van der Waals surface area contributed by atoms with Crippen molar-refractivity contribution in [2.24, 2.45) is 0 Å². The van der Waals surface area contributed by atoms with Crippen LogP contribution in [0.3, 0.4) is 0 Å². The van der Waals surface area contributed by atoms with Gasteiger partial charge in [-0.05, 0) is 33.1 Å². The Morgan fingerprint density at radius 1 is 1.47 bits per heavy atom. The van der Waals surface area contributed by atoms with Gasteiger partial charge < -0.3 is 10.1 Å². The zero-order valence-electron chi connectivity index (χ0n) is 10.4. The minimum absolute atomic E-state index is 0.0335. The summed E-state index contributed by atoms with van der Waals surface area (Å²) in [6.45, 7) is 3.76. The summed E-state index contributed by atoms with van der Waals surface area (Å²) in [5, 5.41) is 2.70. The van der Waals surface area contributed by atoms with Gasteiger partial charge in [-0.25, -0.2) is 0 Å². The number of allylic oxidation sites excluding steroid dienone is 1. The lowest BCUT2D eigenvalue weighted by atomic mass is 10.1. The highest BCUT2D eigenvalue weighted by Gasteiger charge is 2.16. The van der Waals surface area contributed by atoms with Crippen LogP contribution >= 0.6 is 0 Å². The number of nitrogens with one attached hydrogen (secondary N) is 1. The molecule has 1 rings (SSSR count). The predicted octanol–water partition coefficient (Wildman–Crippen LogP) is 1.72. The van der Waals surface area contributed by atoms with Crippen molar-refractivity contribution in [3.05, 3.63) is 24.0 Å². The molecule has 1 heterocycles. The highest BCUT2D eigenvalue weighted by molar-refractivity contribution is 5.96. The zero-order valence-corrected chi connectivity index (χ0v) is 10.4. The van der Waals surface area contributed by atoms with E-state index in [-0.39, 0.29) is 11.7 Å². The molecule has 0 aromatic heterocycles. The van der Waals surface area contributed by atoms with Crippen molar-refractivity contribution >= 4 is 11.7 Å². The van der Waals surface area contributed by atoms with E-state index < -0.39 is 6.04 Å². The van der Waals surface area contributed by atoms with E-state index >= 15 is 0 Å². The molecular weight excluding hydrogens is 218 g/mol. The predicted molar refractivity (Wildman–Crippen MR) is 65.3 cm³/mol. The van der Waals surface area contributed by atoms with Crippen molar-refractivity contribution in [3.8, 4) is 0 Å². The number of carbonyl (C=O) groups excluding carboxylic acids is 2. The number of rotatable bonds is 1. The molecule has 0 aliphatic carbocycles. The molecule has 0 saturated carbocycles. The quantitative estimate of drug-likeness (QED) is 0.706. The molecule has 1 aliphatic rings. The van der Waals surface area contributed by atoms with Gasteiger partial charge in [0, 0.05) is 5.57 Å². The SMILES string of the molecule is CC(=O)C1C/C=C/CCCO/C=C(/C)C(=O)N1. The molecule has 0 bridgehead atoms. The molecule has 1 N–H and O–H groups in total. The van der Waals surface area contributed by atoms with Gasteiger partial charge in [0.1, 0.15) is 0 Å². The van der Waals surface area contributed by atoms with Crippen LogP contribution in [0.2, 0.25) is 0 Å². The Balaban J connectivity index is 2.74. The van der Waals surface area contributed by atoms with E-state index in [0.717, 1.165) is 12.8 Å². The van der Waals surface area contributed by atoms with Gasteiger partial charge >= 0.3 is 0 Å². The van der Waals surface area contributed by atoms with Gasteiger partial charge in [-0.1, -0.05) is 12.2 Å². The second-order valence-electron chi connectivity index (χ2n) is 4.16. The van der Waals surface area contributed by atoms with Crippen LogP contribution in [-0.2, 0) is 14.3 Å². The summed E-state index contributed by atoms with van der Waals surface area (Å²) in [6, 6.07) is -0.443. The summed E-state index contributed by atoms with van der Waals surface area (Å²) in [4.78, 5) is 23.1. The molecule has 1 atom stereocenters. The van der Waals surface area contributed by atoms with Gasteiger partial charge in [0.25, 0.3) is 5.91 Å². The molecule has 17 heavy (non-hydrogen) atoms. The lowest BCUT2D eigenvalue weighted by Crippen LogP contribution is -2.39. The third kappa shape index (κ3) is 4.85. The van der Waals surface area contributed by atoms with Crippen molar-refractivity contribution < 1.29 is 14.3 Å². The molecule has 0 fully saturated rings. The van der Waals surface area contributed by atoms with Crippen molar-refractivity contribution in [3.63, 3.8) is 0 Å². The van der Waals surface area contributed by atoms with E-state index in [1.54, 1.807) is 6.92 Å². The van der Waals surface area contributed by atoms with Crippen LogP contribution in [0.25, 0.3) is 0 Å². The first kappa shape index (κ1) is 13.5. The van der Waals surface area contributed by atoms with E-state index in [9.17, 15) is 9.59 Å². The summed E-state index contributed by atoms with van der Waals surface area (Å²) in [6.07, 6.45) is 7.79. The minimum Gasteiger partial charge on any atom is -0.501 e. The lowest BCUT2D eigenvalue weighted by molar-refractivity contribution is -0.124. The fourth-order valence-electron chi connectivity index (χ4n) is 1.47. The van der Waals surface area contributed by atoms with E-state index in [1.165, 1.54) is 13.2 Å². The highest BCUT2D eigenvalue weighted by Crippen LogP contribution is 2.04. The smallest absolute Gasteiger partial charge is 0.250 e. The number of Topliss-reactive ketones (excluding diaryl/α,β-unsaturated/α-hetero) is 1. The summed E-state index contributed by atoms with van der Waals surface area (Å²) in [7, 11) is 0. The molecule has 0 aromatic carbocycles. The first-order valence-electron chi connectivity index (χ1n) is 5.86. The maximum Gasteiger partial charge on any atom is 0.250 e. The molecule has 4 nitrogen and oxygen atoms in total. The molecule has 0 radical (unpaired) electrons. The zero-order chi connectivity index (χ0) is 12.7. The third-order valence-electron chi connectivity index (χ3n) is 2.59. The van der Waals surface area contributed by atoms with Crippen LogP contribution in [0.15, 0.2) is 24.0 Å². The monoisotopic (exact) mass is 237 g/mol. The number of hydrogen-bond donors (Lipinski definition) is 1. The van der Waals surface area contributed by atoms with Crippen molar-refractivity contribution in [1.29, 1.82) is 0 Å². The van der Waals surface area contributed by atoms with Gasteiger partial charge in [-0.2, -0.15) is 0 Å². The fraction of sp³-hybridized carbons (Fsp3) is 0.538. The largest absolute Gasteiger partial charge is 0.501 e. The Labute approximate surface area is 102 Å². The molecule has 4 heteroatoms. The second-order valence-corrected chi connectivity index (χ2v) is 4.16. The van der Waals surface area contributed by atoms with E-state index in [2.05, 4.69) is 5.32 Å². The number of ketones is 1. The summed E-state index contributed by atoms with van der Waals surface area (Å²) in [5.74, 6) is -0.284. The fourth-order valence-corrected chi connectivity index (χ4v) is 1.47. The van der Waals surface area contributed by atoms with Crippen molar-refractivity contribution in [2.75, 3.05) is 6.61 Å². The Bertz CT molecular complexity index is 345. The number of carbonyl (C=O) groups is 2. The lowest BCUT2D eigenvalue weighted by Gasteiger charge is -2.15. The second kappa shape index (κ2) is 6.89. The molecule has 1 unspecified atom stereocenters. The first-order chi connectivity index (χ1) is 8.11. The van der Waals surface area contributed by atoms with Gasteiger partial charge in [-0.3, -0.25) is 9.59 Å². The van der Waals surface area contributed by atoms with Gasteiger partial charge in [0.15, 0.2) is 5.78 Å². The topological polar surface area (TPSA) is 55.4 Å². The molecule has 0 aromatic rings. The maximum atomic E-state index is 11.7. The number of hydrogen-bond acceptors (Lipinski definition) is 3. The molecule has 1 amide bonds. The van der Waals surface area contributed by atoms with Crippen LogP contribution in [-0.4, -0.2) is 24.3 Å². The van der Waals surface area contributed by atoms with Crippen LogP contribution in [0.4, 0.5) is 0 Å². The Hall–Kier alpha value is -1.58. The normalized spacial score (nSPS) is 27.5. The van der Waals surface area contributed by atoms with E-state index in [4.69, 9.17) is 4.74 Å². The third-order valence-corrected chi connectivity index (χ3v) is 2.59. The van der Waals surface area contributed by atoms with Crippen LogP contribution < -0.4 is 5.32 Å². The Kier molecular flexibility index (Phi) is 5.46. The molecule has 1 aliphatic heterocycles. The van der Waals surface area contributed by atoms with Crippen LogP contribution in [0.1, 0.15) is 33.1 Å². The van der Waals surface area contributed by atoms with Gasteiger partial charge in [-0.15, -0.1) is 0 Å². The van der Waals surface area contributed by atoms with Crippen molar-refractivity contribution in [1.82, 2.24) is 5.32 Å². The molecular formula is C13H19NO3. The summed E-state index contributed by atoms with van der Waals surface area (Å²) < 4.78 is 5.24. The molecule has 94 valence electrons. The average molecular weight is 237 g/mol. The standard InChI is InChI=1S/C13H19NO3/c1-10-9-17-8-6-4-3-5-7-12(11(2)15)14-13(10)16/h3,5,9,12H,4,6-8H2,1-2H3,(H,14,16)/b5-3+,10-9-. The van der Waals surface area contributed by atoms with Crippen LogP contribution in [0, 0.1) is 0 Å². The molecule has 0 saturated heterocycles. The average Bonchev–Trinajstić information content (AvgIpc) is 2.28. The highest BCUT2D eigenvalue weighted by atomic mass is 16.5. The van der Waals surface area contributed by atoms with Crippen LogP contribution in [0.5, 0.6) is 0 Å². The van der Waals surface area contributed by atoms with Gasteiger partial charge in [0.2, 0.25) is 0 Å². The first-order valence-corrected chi connectivity index (χ1v) is 5.86. The summed E-state index contributed by atoms with van der Waals surface area (Å²) >= 11 is 0. The number of amides is 1. The maximum absolute atomic E-state index is 11.7. The van der Waals surface area contributed by atoms with E-state index in [0.29, 0.717) is 18.6 Å².